The van der Waals surface area contributed by atoms with Crippen LogP contribution in [0, 0.1) is 0 Å². The summed E-state index contributed by atoms with van der Waals surface area (Å²) in [5, 5.41) is 4.01. The van der Waals surface area contributed by atoms with E-state index in [4.69, 9.17) is 14.2 Å². The number of hydrogen-bond acceptors (Lipinski definition) is 9. The molecule has 0 unspecified atom stereocenters. The summed E-state index contributed by atoms with van der Waals surface area (Å²) in [6.45, 7) is 2.14. The van der Waals surface area contributed by atoms with Crippen molar-refractivity contribution in [1.29, 1.82) is 0 Å². The Labute approximate surface area is 205 Å². The lowest BCUT2D eigenvalue weighted by Crippen LogP contribution is -2.43. The van der Waals surface area contributed by atoms with Crippen molar-refractivity contribution in [3.63, 3.8) is 0 Å². The summed E-state index contributed by atoms with van der Waals surface area (Å²) in [5.74, 6) is 0.815. The number of aromatic nitrogens is 1. The van der Waals surface area contributed by atoms with Crippen LogP contribution in [0.1, 0.15) is 5.56 Å². The standard InChI is InChI=1S/C23H24N4O5S2/c1-30-19-12-16(6-7-18(19)32-14-22(29)27-8-10-31-11-9-27)13-24-26-21(28)15-33-23-25-17-4-2-3-5-20(17)34-23/h2-7,12-13H,8-11,14-15H2,1H3,(H,26,28)/b24-13+. The first-order chi connectivity index (χ1) is 16.6. The molecule has 11 heteroatoms. The van der Waals surface area contributed by atoms with Crippen molar-refractivity contribution in [2.24, 2.45) is 5.10 Å². The van der Waals surface area contributed by atoms with Gasteiger partial charge in [0.25, 0.3) is 11.8 Å². The second-order valence-corrected chi connectivity index (χ2v) is 9.47. The molecule has 0 bridgehead atoms. The average molecular weight is 501 g/mol. The average Bonchev–Trinajstić information content (AvgIpc) is 3.30. The molecule has 1 aliphatic rings. The number of benzene rings is 2. The Morgan fingerprint density at radius 2 is 2.06 bits per heavy atom. The molecule has 2 heterocycles. The Hall–Kier alpha value is -3.15. The molecule has 0 spiro atoms. The van der Waals surface area contributed by atoms with Gasteiger partial charge in [-0.2, -0.15) is 5.10 Å². The van der Waals surface area contributed by atoms with Crippen LogP contribution in [0.5, 0.6) is 11.5 Å². The van der Waals surface area contributed by atoms with E-state index in [2.05, 4.69) is 15.5 Å². The lowest BCUT2D eigenvalue weighted by Gasteiger charge is -2.26. The van der Waals surface area contributed by atoms with Crippen LogP contribution < -0.4 is 14.9 Å². The zero-order valence-corrected chi connectivity index (χ0v) is 20.2. The van der Waals surface area contributed by atoms with E-state index in [1.165, 1.54) is 25.1 Å². The van der Waals surface area contributed by atoms with Crippen LogP contribution in [0.15, 0.2) is 51.9 Å². The minimum Gasteiger partial charge on any atom is -0.493 e. The second kappa shape index (κ2) is 11.8. The van der Waals surface area contributed by atoms with Gasteiger partial charge < -0.3 is 19.1 Å². The molecule has 9 nitrogen and oxygen atoms in total. The van der Waals surface area contributed by atoms with Gasteiger partial charge in [0.1, 0.15) is 0 Å². The number of methoxy groups -OCH3 is 1. The van der Waals surface area contributed by atoms with Gasteiger partial charge in [-0.3, -0.25) is 9.59 Å². The van der Waals surface area contributed by atoms with Crippen LogP contribution >= 0.6 is 23.1 Å². The van der Waals surface area contributed by atoms with E-state index in [1.807, 2.05) is 24.3 Å². The number of hydrazone groups is 1. The number of rotatable bonds is 9. The maximum absolute atomic E-state index is 12.3. The van der Waals surface area contributed by atoms with E-state index in [-0.39, 0.29) is 24.2 Å². The fourth-order valence-electron chi connectivity index (χ4n) is 3.18. The molecule has 2 amide bonds. The Bertz CT molecular complexity index is 1140. The van der Waals surface area contributed by atoms with E-state index in [0.717, 1.165) is 14.6 Å². The number of ether oxygens (including phenoxy) is 3. The highest BCUT2D eigenvalue weighted by Gasteiger charge is 2.18. The minimum absolute atomic E-state index is 0.0772. The number of thiazole rings is 1. The van der Waals surface area contributed by atoms with E-state index in [1.54, 1.807) is 34.4 Å². The third-order valence-corrected chi connectivity index (χ3v) is 7.09. The topological polar surface area (TPSA) is 102 Å². The summed E-state index contributed by atoms with van der Waals surface area (Å²) in [6, 6.07) is 13.1. The molecule has 1 fully saturated rings. The normalized spacial score (nSPS) is 13.9. The number of morpholine rings is 1. The zero-order valence-electron chi connectivity index (χ0n) is 18.6. The number of fused-ring (bicyclic) bond motifs is 1. The number of amides is 2. The van der Waals surface area contributed by atoms with Crippen molar-refractivity contribution < 1.29 is 23.8 Å². The van der Waals surface area contributed by atoms with Gasteiger partial charge in [-0.1, -0.05) is 23.9 Å². The number of hydrogen-bond donors (Lipinski definition) is 1. The van der Waals surface area contributed by atoms with Crippen molar-refractivity contribution in [3.05, 3.63) is 48.0 Å². The SMILES string of the molecule is COc1cc(/C=N/NC(=O)CSc2nc3ccccc3s2)ccc1OCC(=O)N1CCOCC1. The third kappa shape index (κ3) is 6.46. The highest BCUT2D eigenvalue weighted by molar-refractivity contribution is 8.01. The molecule has 2 aromatic carbocycles. The largest absolute Gasteiger partial charge is 0.493 e. The molecule has 1 aliphatic heterocycles. The summed E-state index contributed by atoms with van der Waals surface area (Å²) in [6.07, 6.45) is 1.52. The van der Waals surface area contributed by atoms with Crippen LogP contribution in [0.3, 0.4) is 0 Å². The molecule has 1 saturated heterocycles. The number of carbonyl (C=O) groups is 2. The van der Waals surface area contributed by atoms with E-state index >= 15 is 0 Å². The zero-order chi connectivity index (χ0) is 23.8. The van der Waals surface area contributed by atoms with Gasteiger partial charge in [0.05, 0.1) is 42.5 Å². The highest BCUT2D eigenvalue weighted by atomic mass is 32.2. The van der Waals surface area contributed by atoms with Gasteiger partial charge in [-0.15, -0.1) is 11.3 Å². The minimum atomic E-state index is -0.228. The molecule has 0 saturated carbocycles. The summed E-state index contributed by atoms with van der Waals surface area (Å²) in [5.41, 5.74) is 4.16. The van der Waals surface area contributed by atoms with Crippen molar-refractivity contribution in [2.75, 3.05) is 45.8 Å². The molecule has 4 rings (SSSR count). The van der Waals surface area contributed by atoms with Crippen LogP contribution in [0.25, 0.3) is 10.2 Å². The lowest BCUT2D eigenvalue weighted by atomic mass is 10.2. The van der Waals surface area contributed by atoms with Crippen LogP contribution in [-0.4, -0.2) is 73.7 Å². The molecular weight excluding hydrogens is 476 g/mol. The predicted molar refractivity (Wildman–Crippen MR) is 132 cm³/mol. The van der Waals surface area contributed by atoms with Gasteiger partial charge in [0.2, 0.25) is 0 Å². The first-order valence-electron chi connectivity index (χ1n) is 10.6. The van der Waals surface area contributed by atoms with Gasteiger partial charge in [0, 0.05) is 13.1 Å². The number of carbonyl (C=O) groups excluding carboxylic acids is 2. The molecule has 0 atom stereocenters. The molecular formula is C23H24N4O5S2. The van der Waals surface area contributed by atoms with Crippen molar-refractivity contribution in [1.82, 2.24) is 15.3 Å². The first kappa shape index (κ1) is 24.0. The van der Waals surface area contributed by atoms with Crippen LogP contribution in [0.2, 0.25) is 0 Å². The maximum atomic E-state index is 12.3. The molecule has 0 radical (unpaired) electrons. The Balaban J connectivity index is 1.25. The second-order valence-electron chi connectivity index (χ2n) is 7.22. The van der Waals surface area contributed by atoms with E-state index in [9.17, 15) is 9.59 Å². The number of para-hydroxylation sites is 1. The van der Waals surface area contributed by atoms with Crippen molar-refractivity contribution in [3.8, 4) is 11.5 Å². The maximum Gasteiger partial charge on any atom is 0.260 e. The van der Waals surface area contributed by atoms with Gasteiger partial charge >= 0.3 is 0 Å². The highest BCUT2D eigenvalue weighted by Crippen LogP contribution is 2.29. The van der Waals surface area contributed by atoms with Crippen LogP contribution in [0.4, 0.5) is 0 Å². The Morgan fingerprint density at radius 3 is 2.85 bits per heavy atom. The Kier molecular flexibility index (Phi) is 8.34. The number of nitrogens with one attached hydrogen (secondary N) is 1. The van der Waals surface area contributed by atoms with Gasteiger partial charge in [0.15, 0.2) is 22.4 Å². The van der Waals surface area contributed by atoms with Gasteiger partial charge in [-0.25, -0.2) is 10.4 Å². The Morgan fingerprint density at radius 1 is 1.24 bits per heavy atom. The summed E-state index contributed by atoms with van der Waals surface area (Å²) in [4.78, 5) is 30.6. The fourth-order valence-corrected chi connectivity index (χ4v) is 5.04. The van der Waals surface area contributed by atoms with Crippen molar-refractivity contribution >= 4 is 51.3 Å². The van der Waals surface area contributed by atoms with Gasteiger partial charge in [-0.05, 0) is 35.9 Å². The smallest absolute Gasteiger partial charge is 0.260 e. The summed E-state index contributed by atoms with van der Waals surface area (Å²) < 4.78 is 18.2. The van der Waals surface area contributed by atoms with Crippen LogP contribution in [-0.2, 0) is 14.3 Å². The van der Waals surface area contributed by atoms with E-state index < -0.39 is 0 Å². The van der Waals surface area contributed by atoms with Crippen molar-refractivity contribution in [2.45, 2.75) is 4.34 Å². The fraction of sp³-hybridized carbons (Fsp3) is 0.304. The number of thioether (sulfide) groups is 1. The molecule has 1 N–H and O–H groups in total. The third-order valence-electron chi connectivity index (χ3n) is 4.91. The first-order valence-corrected chi connectivity index (χ1v) is 12.4. The van der Waals surface area contributed by atoms with E-state index in [0.29, 0.717) is 43.4 Å². The quantitative estimate of drug-likeness (QED) is 0.274. The molecule has 1 aromatic heterocycles. The summed E-state index contributed by atoms with van der Waals surface area (Å²) >= 11 is 2.93. The monoisotopic (exact) mass is 500 g/mol. The molecule has 178 valence electrons. The molecule has 3 aromatic rings. The molecule has 0 aliphatic carbocycles. The molecule has 34 heavy (non-hydrogen) atoms. The summed E-state index contributed by atoms with van der Waals surface area (Å²) in [7, 11) is 1.52. The predicted octanol–water partition coefficient (Wildman–Crippen LogP) is 2.78. The number of nitrogens with zero attached hydrogens (tertiary/aromatic N) is 3. The lowest BCUT2D eigenvalue weighted by molar-refractivity contribution is -0.137.